The first-order chi connectivity index (χ1) is 7.70. The highest BCUT2D eigenvalue weighted by molar-refractivity contribution is 5.33. The van der Waals surface area contributed by atoms with Crippen LogP contribution in [0.4, 0.5) is 0 Å². The summed E-state index contributed by atoms with van der Waals surface area (Å²) in [6.07, 6.45) is 4.52. The second kappa shape index (κ2) is 3.19. The molecule has 3 nitrogen and oxygen atoms in total. The first-order valence-electron chi connectivity index (χ1n) is 5.53. The van der Waals surface area contributed by atoms with Crippen LogP contribution in [0.25, 0.3) is 5.69 Å². The van der Waals surface area contributed by atoms with Crippen molar-refractivity contribution in [1.29, 1.82) is 0 Å². The van der Waals surface area contributed by atoms with E-state index in [2.05, 4.69) is 12.0 Å². The topological polar surface area (TPSA) is 38.1 Å². The summed E-state index contributed by atoms with van der Waals surface area (Å²) in [5, 5.41) is 14.5. The lowest BCUT2D eigenvalue weighted by Gasteiger charge is -2.04. The van der Waals surface area contributed by atoms with Crippen LogP contribution in [0, 0.1) is 5.92 Å². The molecule has 82 valence electrons. The van der Waals surface area contributed by atoms with Gasteiger partial charge in [-0.15, -0.1) is 0 Å². The van der Waals surface area contributed by atoms with Gasteiger partial charge in [-0.25, -0.2) is 4.68 Å². The van der Waals surface area contributed by atoms with E-state index in [1.54, 1.807) is 10.9 Å². The summed E-state index contributed by atoms with van der Waals surface area (Å²) in [4.78, 5) is 0. The van der Waals surface area contributed by atoms with Crippen molar-refractivity contribution in [2.45, 2.75) is 18.9 Å². The highest BCUT2D eigenvalue weighted by atomic mass is 16.3. The van der Waals surface area contributed by atoms with E-state index < -0.39 is 5.60 Å². The lowest BCUT2D eigenvalue weighted by atomic mass is 10.1. The van der Waals surface area contributed by atoms with Crippen LogP contribution in [0.1, 0.15) is 18.9 Å². The average molecular weight is 214 g/mol. The minimum absolute atomic E-state index is 0.348. The number of para-hydroxylation sites is 1. The van der Waals surface area contributed by atoms with Crippen LogP contribution in [0.5, 0.6) is 0 Å². The maximum Gasteiger partial charge on any atom is 0.0957 e. The van der Waals surface area contributed by atoms with Gasteiger partial charge in [-0.05, 0) is 24.5 Å². The molecule has 1 N–H and O–H groups in total. The zero-order valence-corrected chi connectivity index (χ0v) is 9.17. The lowest BCUT2D eigenvalue weighted by Crippen LogP contribution is -2.05. The van der Waals surface area contributed by atoms with Crippen molar-refractivity contribution in [3.8, 4) is 5.69 Å². The minimum atomic E-state index is -0.632. The number of aliphatic hydroxyl groups is 1. The molecule has 16 heavy (non-hydrogen) atoms. The molecule has 1 aliphatic rings. The zero-order valence-electron chi connectivity index (χ0n) is 9.17. The minimum Gasteiger partial charge on any atom is -0.385 e. The Morgan fingerprint density at radius 2 is 2.06 bits per heavy atom. The van der Waals surface area contributed by atoms with Gasteiger partial charge < -0.3 is 5.11 Å². The highest BCUT2D eigenvalue weighted by Gasteiger charge is 2.51. The van der Waals surface area contributed by atoms with E-state index in [1.807, 2.05) is 36.5 Å². The van der Waals surface area contributed by atoms with E-state index in [4.69, 9.17) is 0 Å². The van der Waals surface area contributed by atoms with E-state index in [9.17, 15) is 5.11 Å². The molecule has 0 radical (unpaired) electrons. The SMILES string of the molecule is CC1CC1(O)c1cnn(-c2ccccc2)c1. The Hall–Kier alpha value is -1.61. The van der Waals surface area contributed by atoms with E-state index in [-0.39, 0.29) is 0 Å². The largest absolute Gasteiger partial charge is 0.385 e. The van der Waals surface area contributed by atoms with E-state index in [1.165, 1.54) is 0 Å². The van der Waals surface area contributed by atoms with Crippen LogP contribution in [0.3, 0.4) is 0 Å². The molecule has 2 unspecified atom stereocenters. The predicted octanol–water partition coefficient (Wildman–Crippen LogP) is 2.10. The molecular formula is C13H14N2O. The molecule has 1 aromatic heterocycles. The van der Waals surface area contributed by atoms with Gasteiger partial charge in [0.05, 0.1) is 17.5 Å². The van der Waals surface area contributed by atoms with Gasteiger partial charge in [-0.2, -0.15) is 5.10 Å². The predicted molar refractivity (Wildman–Crippen MR) is 61.2 cm³/mol. The van der Waals surface area contributed by atoms with Gasteiger partial charge in [0.1, 0.15) is 0 Å². The lowest BCUT2D eigenvalue weighted by molar-refractivity contribution is 0.134. The molecule has 1 aliphatic carbocycles. The van der Waals surface area contributed by atoms with E-state index in [0.29, 0.717) is 5.92 Å². The Bertz CT molecular complexity index is 506. The van der Waals surface area contributed by atoms with Gasteiger partial charge in [0.15, 0.2) is 0 Å². The summed E-state index contributed by atoms with van der Waals surface area (Å²) >= 11 is 0. The Morgan fingerprint density at radius 1 is 1.38 bits per heavy atom. The van der Waals surface area contributed by atoms with Crippen LogP contribution in [0.2, 0.25) is 0 Å². The normalized spacial score (nSPS) is 28.0. The van der Waals surface area contributed by atoms with E-state index in [0.717, 1.165) is 17.7 Å². The Kier molecular flexibility index (Phi) is 1.91. The molecule has 2 aromatic rings. The van der Waals surface area contributed by atoms with Crippen molar-refractivity contribution in [1.82, 2.24) is 9.78 Å². The summed E-state index contributed by atoms with van der Waals surface area (Å²) in [5.41, 5.74) is 1.31. The third kappa shape index (κ3) is 1.36. The molecule has 0 spiro atoms. The van der Waals surface area contributed by atoms with Gasteiger partial charge in [0.2, 0.25) is 0 Å². The van der Waals surface area contributed by atoms with E-state index >= 15 is 0 Å². The summed E-state index contributed by atoms with van der Waals surface area (Å²) in [7, 11) is 0. The molecule has 1 saturated carbocycles. The Labute approximate surface area is 94.3 Å². The van der Waals surface area contributed by atoms with Crippen molar-refractivity contribution in [3.05, 3.63) is 48.3 Å². The highest BCUT2D eigenvalue weighted by Crippen LogP contribution is 2.51. The molecule has 0 bridgehead atoms. The summed E-state index contributed by atoms with van der Waals surface area (Å²) < 4.78 is 1.80. The van der Waals surface area contributed by atoms with Crippen LogP contribution in [-0.4, -0.2) is 14.9 Å². The van der Waals surface area contributed by atoms with Gasteiger partial charge in [-0.1, -0.05) is 25.1 Å². The first-order valence-corrected chi connectivity index (χ1v) is 5.53. The third-order valence-electron chi connectivity index (χ3n) is 3.38. The quantitative estimate of drug-likeness (QED) is 0.831. The summed E-state index contributed by atoms with van der Waals surface area (Å²) in [6.45, 7) is 2.06. The molecule has 0 aliphatic heterocycles. The molecule has 0 amide bonds. The standard InChI is InChI=1S/C13H14N2O/c1-10-7-13(10,16)11-8-14-15(9-11)12-5-3-2-4-6-12/h2-6,8-10,16H,7H2,1H3. The molecular weight excluding hydrogens is 200 g/mol. The van der Waals surface area contributed by atoms with Crippen LogP contribution in [0.15, 0.2) is 42.7 Å². The fraction of sp³-hybridized carbons (Fsp3) is 0.308. The van der Waals surface area contributed by atoms with Crippen LogP contribution >= 0.6 is 0 Å². The van der Waals surface area contributed by atoms with Crippen molar-refractivity contribution in [2.24, 2.45) is 5.92 Å². The Balaban J connectivity index is 1.95. The smallest absolute Gasteiger partial charge is 0.0957 e. The number of hydrogen-bond donors (Lipinski definition) is 1. The van der Waals surface area contributed by atoms with Crippen molar-refractivity contribution in [3.63, 3.8) is 0 Å². The molecule has 1 fully saturated rings. The molecule has 1 aromatic carbocycles. The molecule has 0 saturated heterocycles. The third-order valence-corrected chi connectivity index (χ3v) is 3.38. The number of hydrogen-bond acceptors (Lipinski definition) is 2. The maximum atomic E-state index is 10.2. The molecule has 3 heteroatoms. The zero-order chi connectivity index (χ0) is 11.2. The first kappa shape index (κ1) is 9.60. The fourth-order valence-electron chi connectivity index (χ4n) is 2.08. The second-order valence-corrected chi connectivity index (χ2v) is 4.54. The average Bonchev–Trinajstić information content (AvgIpc) is 2.77. The van der Waals surface area contributed by atoms with Crippen LogP contribution in [-0.2, 0) is 5.60 Å². The second-order valence-electron chi connectivity index (χ2n) is 4.54. The van der Waals surface area contributed by atoms with Gasteiger partial charge in [-0.3, -0.25) is 0 Å². The monoisotopic (exact) mass is 214 g/mol. The van der Waals surface area contributed by atoms with Crippen LogP contribution < -0.4 is 0 Å². The van der Waals surface area contributed by atoms with Crippen molar-refractivity contribution < 1.29 is 5.11 Å². The number of nitrogens with zero attached hydrogens (tertiary/aromatic N) is 2. The van der Waals surface area contributed by atoms with Gasteiger partial charge >= 0.3 is 0 Å². The fourth-order valence-corrected chi connectivity index (χ4v) is 2.08. The van der Waals surface area contributed by atoms with Gasteiger partial charge in [0.25, 0.3) is 0 Å². The van der Waals surface area contributed by atoms with Gasteiger partial charge in [0, 0.05) is 11.8 Å². The summed E-state index contributed by atoms with van der Waals surface area (Å²) in [5.74, 6) is 0.348. The molecule has 3 rings (SSSR count). The molecule has 2 atom stereocenters. The number of benzene rings is 1. The van der Waals surface area contributed by atoms with Crippen molar-refractivity contribution >= 4 is 0 Å². The number of rotatable bonds is 2. The number of aromatic nitrogens is 2. The Morgan fingerprint density at radius 3 is 2.69 bits per heavy atom. The molecule has 1 heterocycles. The maximum absolute atomic E-state index is 10.2. The summed E-state index contributed by atoms with van der Waals surface area (Å²) in [6, 6.07) is 9.93. The van der Waals surface area contributed by atoms with Crippen molar-refractivity contribution in [2.75, 3.05) is 0 Å².